The van der Waals surface area contributed by atoms with Crippen molar-refractivity contribution >= 4 is 21.8 Å². The Bertz CT molecular complexity index is 1330. The smallest absolute Gasteiger partial charge is 0.243 e. The van der Waals surface area contributed by atoms with Gasteiger partial charge in [0.1, 0.15) is 11.9 Å². The summed E-state index contributed by atoms with van der Waals surface area (Å²) in [5.74, 6) is -1.51. The van der Waals surface area contributed by atoms with Crippen LogP contribution in [0.2, 0.25) is 0 Å². The topological polar surface area (TPSA) is 86.8 Å². The number of benzene rings is 3. The van der Waals surface area contributed by atoms with Crippen LogP contribution in [0.4, 0.5) is 4.39 Å². The Labute approximate surface area is 224 Å². The minimum atomic E-state index is -3.97. The van der Waals surface area contributed by atoms with Crippen LogP contribution in [0.15, 0.2) is 83.8 Å². The largest absolute Gasteiger partial charge is 0.354 e. The Kier molecular flexibility index (Phi) is 10.2. The zero-order valence-corrected chi connectivity index (χ0v) is 22.7. The van der Waals surface area contributed by atoms with E-state index in [1.165, 1.54) is 30.1 Å². The van der Waals surface area contributed by atoms with Gasteiger partial charge in [-0.1, -0.05) is 73.2 Å². The summed E-state index contributed by atoms with van der Waals surface area (Å²) in [6.45, 7) is 3.46. The van der Waals surface area contributed by atoms with Crippen molar-refractivity contribution < 1.29 is 22.4 Å². The lowest BCUT2D eigenvalue weighted by Crippen LogP contribution is -2.53. The molecule has 0 saturated heterocycles. The van der Waals surface area contributed by atoms with E-state index in [1.54, 1.807) is 30.3 Å². The molecule has 3 rings (SSSR count). The zero-order valence-electron chi connectivity index (χ0n) is 21.9. The van der Waals surface area contributed by atoms with Crippen LogP contribution in [0.3, 0.4) is 0 Å². The first-order valence-electron chi connectivity index (χ1n) is 12.5. The third kappa shape index (κ3) is 7.49. The Morgan fingerprint density at radius 1 is 0.947 bits per heavy atom. The van der Waals surface area contributed by atoms with Crippen LogP contribution < -0.4 is 5.32 Å². The minimum absolute atomic E-state index is 0.0561. The molecule has 1 atom stereocenters. The first-order valence-corrected chi connectivity index (χ1v) is 13.9. The van der Waals surface area contributed by atoms with Crippen LogP contribution in [-0.4, -0.2) is 55.6 Å². The lowest BCUT2D eigenvalue weighted by atomic mass is 10.0. The molecule has 3 aromatic carbocycles. The zero-order chi connectivity index (χ0) is 27.7. The molecule has 0 bridgehead atoms. The second-order valence-corrected chi connectivity index (χ2v) is 11.2. The number of carbonyl (C=O) groups excluding carboxylic acids is 2. The van der Waals surface area contributed by atoms with E-state index in [0.29, 0.717) is 13.0 Å². The van der Waals surface area contributed by atoms with Crippen LogP contribution in [0.1, 0.15) is 30.0 Å². The van der Waals surface area contributed by atoms with Gasteiger partial charge in [-0.15, -0.1) is 0 Å². The number of rotatable bonds is 12. The lowest BCUT2D eigenvalue weighted by molar-refractivity contribution is -0.141. The summed E-state index contributed by atoms with van der Waals surface area (Å²) in [4.78, 5) is 28.4. The average molecular weight is 540 g/mol. The fraction of sp³-hybridized carbons (Fsp3) is 0.310. The van der Waals surface area contributed by atoms with Crippen LogP contribution in [-0.2, 0) is 32.6 Å². The van der Waals surface area contributed by atoms with Crippen molar-refractivity contribution in [2.75, 3.05) is 20.1 Å². The summed E-state index contributed by atoms with van der Waals surface area (Å²) in [6.07, 6.45) is 0.883. The maximum atomic E-state index is 14.7. The summed E-state index contributed by atoms with van der Waals surface area (Å²) in [5.41, 5.74) is 1.95. The number of nitrogens with zero attached hydrogens (tertiary/aromatic N) is 2. The number of hydrogen-bond acceptors (Lipinski definition) is 4. The highest BCUT2D eigenvalue weighted by atomic mass is 32.2. The van der Waals surface area contributed by atoms with Gasteiger partial charge in [0, 0.05) is 32.1 Å². The predicted octanol–water partition coefficient (Wildman–Crippen LogP) is 3.92. The van der Waals surface area contributed by atoms with Gasteiger partial charge in [-0.3, -0.25) is 9.59 Å². The number of sulfonamides is 1. The maximum Gasteiger partial charge on any atom is 0.243 e. The van der Waals surface area contributed by atoms with E-state index >= 15 is 0 Å². The van der Waals surface area contributed by atoms with Crippen molar-refractivity contribution in [1.29, 1.82) is 0 Å². The number of likely N-dealkylation sites (N-methyl/N-ethyl adjacent to an activating group) is 1. The Morgan fingerprint density at radius 3 is 2.21 bits per heavy atom. The van der Waals surface area contributed by atoms with E-state index in [2.05, 4.69) is 5.32 Å². The van der Waals surface area contributed by atoms with Crippen molar-refractivity contribution in [2.45, 2.75) is 44.2 Å². The number of carbonyl (C=O) groups is 2. The molecule has 0 aliphatic carbocycles. The normalized spacial score (nSPS) is 12.2. The van der Waals surface area contributed by atoms with E-state index in [1.807, 2.05) is 44.2 Å². The number of amides is 2. The number of aryl methyl sites for hydroxylation is 1. The molecule has 0 unspecified atom stereocenters. The van der Waals surface area contributed by atoms with Crippen LogP contribution in [0.5, 0.6) is 0 Å². The minimum Gasteiger partial charge on any atom is -0.354 e. The molecule has 0 spiro atoms. The highest BCUT2D eigenvalue weighted by Crippen LogP contribution is 2.19. The molecule has 3 aromatic rings. The molecule has 7 nitrogen and oxygen atoms in total. The average Bonchev–Trinajstić information content (AvgIpc) is 2.91. The summed E-state index contributed by atoms with van der Waals surface area (Å²) in [6, 6.07) is 20.6. The van der Waals surface area contributed by atoms with Gasteiger partial charge >= 0.3 is 0 Å². The standard InChI is InChI=1S/C29H34FN3O4S/c1-4-18-31-29(35)27(19-23-10-6-5-7-11-23)33(20-24-12-8-9-13-26(24)30)28(34)21-32(3)38(36,37)25-16-14-22(2)15-17-25/h5-17,27H,4,18-21H2,1-3H3,(H,31,35)/t27-/m1/s1. The Hall–Kier alpha value is -3.56. The van der Waals surface area contributed by atoms with Gasteiger partial charge in [-0.25, -0.2) is 12.8 Å². The van der Waals surface area contributed by atoms with E-state index in [9.17, 15) is 22.4 Å². The molecule has 0 saturated carbocycles. The second-order valence-electron chi connectivity index (χ2n) is 9.18. The number of halogens is 1. The van der Waals surface area contributed by atoms with Gasteiger partial charge in [0.25, 0.3) is 0 Å². The summed E-state index contributed by atoms with van der Waals surface area (Å²) < 4.78 is 42.0. The van der Waals surface area contributed by atoms with E-state index in [0.717, 1.165) is 15.4 Å². The van der Waals surface area contributed by atoms with Crippen LogP contribution in [0, 0.1) is 12.7 Å². The fourth-order valence-electron chi connectivity index (χ4n) is 3.99. The molecule has 38 heavy (non-hydrogen) atoms. The van der Waals surface area contributed by atoms with Gasteiger partial charge in [0.05, 0.1) is 11.4 Å². The van der Waals surface area contributed by atoms with Crippen LogP contribution in [0.25, 0.3) is 0 Å². The van der Waals surface area contributed by atoms with Crippen molar-refractivity contribution in [1.82, 2.24) is 14.5 Å². The molecule has 1 N–H and O–H groups in total. The third-order valence-corrected chi connectivity index (χ3v) is 8.02. The van der Waals surface area contributed by atoms with Gasteiger partial charge in [-0.05, 0) is 37.1 Å². The Morgan fingerprint density at radius 2 is 1.58 bits per heavy atom. The summed E-state index contributed by atoms with van der Waals surface area (Å²) >= 11 is 0. The molecular weight excluding hydrogens is 505 g/mol. The monoisotopic (exact) mass is 539 g/mol. The van der Waals surface area contributed by atoms with Crippen molar-refractivity contribution in [3.63, 3.8) is 0 Å². The van der Waals surface area contributed by atoms with Crippen molar-refractivity contribution in [3.8, 4) is 0 Å². The Balaban J connectivity index is 1.97. The molecular formula is C29H34FN3O4S. The maximum absolute atomic E-state index is 14.7. The molecule has 0 fully saturated rings. The molecule has 0 aliphatic heterocycles. The third-order valence-electron chi connectivity index (χ3n) is 6.21. The number of hydrogen-bond donors (Lipinski definition) is 1. The quantitative estimate of drug-likeness (QED) is 0.378. The number of nitrogens with one attached hydrogen (secondary N) is 1. The SMILES string of the molecule is CCCNC(=O)[C@@H](Cc1ccccc1)N(Cc1ccccc1F)C(=O)CN(C)S(=O)(=O)c1ccc(C)cc1. The lowest BCUT2D eigenvalue weighted by Gasteiger charge is -2.32. The summed E-state index contributed by atoms with van der Waals surface area (Å²) in [5, 5.41) is 2.84. The molecule has 202 valence electrons. The molecule has 0 aliphatic rings. The van der Waals surface area contributed by atoms with E-state index < -0.39 is 34.3 Å². The fourth-order valence-corrected chi connectivity index (χ4v) is 5.11. The highest BCUT2D eigenvalue weighted by Gasteiger charge is 2.33. The van der Waals surface area contributed by atoms with Gasteiger partial charge in [0.2, 0.25) is 21.8 Å². The molecule has 0 radical (unpaired) electrons. The van der Waals surface area contributed by atoms with Gasteiger partial charge < -0.3 is 10.2 Å². The first-order chi connectivity index (χ1) is 18.1. The molecule has 0 aromatic heterocycles. The van der Waals surface area contributed by atoms with Crippen molar-refractivity contribution in [3.05, 3.63) is 101 Å². The van der Waals surface area contributed by atoms with E-state index in [-0.39, 0.29) is 29.3 Å². The van der Waals surface area contributed by atoms with Gasteiger partial charge in [-0.2, -0.15) is 4.31 Å². The molecule has 9 heteroatoms. The summed E-state index contributed by atoms with van der Waals surface area (Å²) in [7, 11) is -2.66. The first kappa shape index (κ1) is 29.0. The highest BCUT2D eigenvalue weighted by molar-refractivity contribution is 7.89. The second kappa shape index (κ2) is 13.3. The molecule has 0 heterocycles. The van der Waals surface area contributed by atoms with E-state index in [4.69, 9.17) is 0 Å². The molecule has 2 amide bonds. The van der Waals surface area contributed by atoms with Crippen molar-refractivity contribution in [2.24, 2.45) is 0 Å². The predicted molar refractivity (Wildman–Crippen MR) is 145 cm³/mol. The van der Waals surface area contributed by atoms with Crippen LogP contribution >= 0.6 is 0 Å². The van der Waals surface area contributed by atoms with Gasteiger partial charge in [0.15, 0.2) is 0 Å².